The van der Waals surface area contributed by atoms with E-state index in [2.05, 4.69) is 19.9 Å². The largest absolute Gasteiger partial charge is 0.497 e. The van der Waals surface area contributed by atoms with Crippen molar-refractivity contribution in [2.24, 2.45) is 0 Å². The van der Waals surface area contributed by atoms with Crippen molar-refractivity contribution in [1.82, 2.24) is 19.9 Å². The molecule has 0 amide bonds. The maximum absolute atomic E-state index is 11.0. The molecule has 0 fully saturated rings. The molecule has 0 aromatic carbocycles. The molecule has 4 heterocycles. The van der Waals surface area contributed by atoms with Crippen LogP contribution in [-0.4, -0.2) is 27.0 Å². The summed E-state index contributed by atoms with van der Waals surface area (Å²) in [5.74, 6) is 0.795. The number of hydrogen-bond acceptors (Lipinski definition) is 5. The van der Waals surface area contributed by atoms with Crippen LogP contribution in [0, 0.1) is 6.92 Å². The van der Waals surface area contributed by atoms with Gasteiger partial charge in [-0.1, -0.05) is 0 Å². The van der Waals surface area contributed by atoms with Crippen molar-refractivity contribution in [3.8, 4) is 28.5 Å². The van der Waals surface area contributed by atoms with Crippen molar-refractivity contribution in [2.45, 2.75) is 6.92 Å². The van der Waals surface area contributed by atoms with Crippen LogP contribution >= 0.6 is 0 Å². The predicted molar refractivity (Wildman–Crippen MR) is 112 cm³/mol. The Balaban J connectivity index is 0.000000166. The lowest BCUT2D eigenvalue weighted by molar-refractivity contribution is 0.414. The minimum Gasteiger partial charge on any atom is -0.497 e. The van der Waals surface area contributed by atoms with Gasteiger partial charge in [0.2, 0.25) is 0 Å². The molecule has 0 saturated heterocycles. The van der Waals surface area contributed by atoms with Gasteiger partial charge in [-0.2, -0.15) is 0 Å². The molecule has 2 N–H and O–H groups in total. The van der Waals surface area contributed by atoms with E-state index in [1.807, 2.05) is 31.2 Å². The molecule has 0 spiro atoms. The second-order valence-electron chi connectivity index (χ2n) is 6.18. The molecular formula is C22H20N4O3. The van der Waals surface area contributed by atoms with E-state index in [1.54, 1.807) is 31.9 Å². The summed E-state index contributed by atoms with van der Waals surface area (Å²) in [5.41, 5.74) is 3.90. The minimum atomic E-state index is -0.0940. The number of aromatic nitrogens is 4. The Bertz CT molecular complexity index is 1160. The summed E-state index contributed by atoms with van der Waals surface area (Å²) in [4.78, 5) is 36.4. The second-order valence-corrected chi connectivity index (χ2v) is 6.18. The maximum Gasteiger partial charge on any atom is 0.182 e. The Labute approximate surface area is 167 Å². The van der Waals surface area contributed by atoms with Crippen LogP contribution in [0.4, 0.5) is 0 Å². The number of hydrogen-bond donors (Lipinski definition) is 2. The van der Waals surface area contributed by atoms with Gasteiger partial charge < -0.3 is 14.7 Å². The van der Waals surface area contributed by atoms with Gasteiger partial charge in [0.05, 0.1) is 29.9 Å². The highest BCUT2D eigenvalue weighted by atomic mass is 16.5. The quantitative estimate of drug-likeness (QED) is 0.561. The first-order chi connectivity index (χ1) is 14.0. The van der Waals surface area contributed by atoms with Gasteiger partial charge in [-0.25, -0.2) is 0 Å². The average Bonchev–Trinajstić information content (AvgIpc) is 2.74. The SMILES string of the molecule is COc1ccnc(-c2cc(C)ccn2)c1.O=c1cc[nH]c(-c2cc(=O)cc[nH]2)c1. The molecule has 0 atom stereocenters. The maximum atomic E-state index is 11.0. The standard InChI is InChI=1S/C12H12N2O.C10H8N2O2/c1-9-3-5-13-11(7-9)12-8-10(15-2)4-6-14-12;13-7-1-3-11-9(5-7)10-6-8(14)2-4-12-10/h3-8H,1-2H3;1-6H,(H,11,13)(H,12,14). The monoisotopic (exact) mass is 388 g/mol. The zero-order valence-corrected chi connectivity index (χ0v) is 16.0. The molecule has 29 heavy (non-hydrogen) atoms. The van der Waals surface area contributed by atoms with E-state index in [-0.39, 0.29) is 10.9 Å². The van der Waals surface area contributed by atoms with Crippen molar-refractivity contribution in [3.05, 3.63) is 99.3 Å². The average molecular weight is 388 g/mol. The third-order valence-electron chi connectivity index (χ3n) is 3.98. The lowest BCUT2D eigenvalue weighted by Gasteiger charge is -2.03. The predicted octanol–water partition coefficient (Wildman–Crippen LogP) is 3.19. The highest BCUT2D eigenvalue weighted by Crippen LogP contribution is 2.19. The number of aromatic amines is 2. The zero-order chi connectivity index (χ0) is 20.6. The molecule has 4 aromatic rings. The number of nitrogens with one attached hydrogen (secondary N) is 2. The van der Waals surface area contributed by atoms with E-state index < -0.39 is 0 Å². The number of aryl methyl sites for hydroxylation is 1. The fraction of sp³-hybridized carbons (Fsp3) is 0.0909. The third kappa shape index (κ3) is 5.49. The Kier molecular flexibility index (Phi) is 6.32. The minimum absolute atomic E-state index is 0.0940. The first-order valence-electron chi connectivity index (χ1n) is 8.86. The summed E-state index contributed by atoms with van der Waals surface area (Å²) in [6.45, 7) is 2.03. The highest BCUT2D eigenvalue weighted by molar-refractivity contribution is 5.56. The van der Waals surface area contributed by atoms with Gasteiger partial charge in [0.15, 0.2) is 10.9 Å². The molecule has 7 nitrogen and oxygen atoms in total. The number of nitrogens with zero attached hydrogens (tertiary/aromatic N) is 2. The third-order valence-corrected chi connectivity index (χ3v) is 3.98. The molecule has 0 saturated carbocycles. The molecule has 0 bridgehead atoms. The van der Waals surface area contributed by atoms with Crippen molar-refractivity contribution >= 4 is 0 Å². The molecule has 7 heteroatoms. The number of ether oxygens (including phenoxy) is 1. The number of methoxy groups -OCH3 is 1. The Morgan fingerprint density at radius 2 is 1.31 bits per heavy atom. The Morgan fingerprint density at radius 3 is 1.83 bits per heavy atom. The molecule has 4 rings (SSSR count). The summed E-state index contributed by atoms with van der Waals surface area (Å²) in [6, 6.07) is 13.4. The summed E-state index contributed by atoms with van der Waals surface area (Å²) in [5, 5.41) is 0. The number of rotatable bonds is 3. The Morgan fingerprint density at radius 1 is 0.759 bits per heavy atom. The topological polar surface area (TPSA) is 101 Å². The molecule has 0 aliphatic rings. The Hall–Kier alpha value is -4.00. The summed E-state index contributed by atoms with van der Waals surface area (Å²) < 4.78 is 5.14. The molecule has 0 radical (unpaired) electrons. The molecule has 0 unspecified atom stereocenters. The van der Waals surface area contributed by atoms with Crippen LogP contribution in [0.1, 0.15) is 5.56 Å². The first kappa shape index (κ1) is 19.8. The summed E-state index contributed by atoms with van der Waals surface area (Å²) in [6.07, 6.45) is 6.59. The fourth-order valence-electron chi connectivity index (χ4n) is 2.56. The van der Waals surface area contributed by atoms with E-state index in [9.17, 15) is 9.59 Å². The second kappa shape index (κ2) is 9.27. The number of pyridine rings is 4. The lowest BCUT2D eigenvalue weighted by Crippen LogP contribution is -2.02. The van der Waals surface area contributed by atoms with E-state index in [4.69, 9.17) is 4.74 Å². The highest BCUT2D eigenvalue weighted by Gasteiger charge is 2.02. The van der Waals surface area contributed by atoms with Crippen molar-refractivity contribution < 1.29 is 4.74 Å². The molecule has 0 aliphatic heterocycles. The molecule has 4 aromatic heterocycles. The van der Waals surface area contributed by atoms with E-state index >= 15 is 0 Å². The van der Waals surface area contributed by atoms with Gasteiger partial charge in [-0.05, 0) is 30.7 Å². The van der Waals surface area contributed by atoms with Crippen LogP contribution in [0.2, 0.25) is 0 Å². The van der Waals surface area contributed by atoms with Gasteiger partial charge in [0, 0.05) is 55.1 Å². The molecule has 0 aliphatic carbocycles. The molecular weight excluding hydrogens is 368 g/mol. The van der Waals surface area contributed by atoms with Crippen molar-refractivity contribution in [2.75, 3.05) is 7.11 Å². The van der Waals surface area contributed by atoms with Crippen molar-refractivity contribution in [3.63, 3.8) is 0 Å². The van der Waals surface area contributed by atoms with E-state index in [1.165, 1.54) is 29.8 Å². The van der Waals surface area contributed by atoms with Gasteiger partial charge in [0.25, 0.3) is 0 Å². The van der Waals surface area contributed by atoms with E-state index in [0.29, 0.717) is 11.4 Å². The summed E-state index contributed by atoms with van der Waals surface area (Å²) >= 11 is 0. The van der Waals surface area contributed by atoms with Crippen LogP contribution in [0.3, 0.4) is 0 Å². The normalized spacial score (nSPS) is 10.0. The van der Waals surface area contributed by atoms with Crippen LogP contribution < -0.4 is 15.6 Å². The number of H-pyrrole nitrogens is 2. The van der Waals surface area contributed by atoms with Gasteiger partial charge in [-0.3, -0.25) is 19.6 Å². The van der Waals surface area contributed by atoms with Gasteiger partial charge in [-0.15, -0.1) is 0 Å². The van der Waals surface area contributed by atoms with Gasteiger partial charge >= 0.3 is 0 Å². The van der Waals surface area contributed by atoms with Crippen LogP contribution in [0.25, 0.3) is 22.8 Å². The van der Waals surface area contributed by atoms with E-state index in [0.717, 1.165) is 17.1 Å². The van der Waals surface area contributed by atoms with Crippen LogP contribution in [0.15, 0.2) is 82.9 Å². The molecule has 146 valence electrons. The smallest absolute Gasteiger partial charge is 0.182 e. The summed E-state index contributed by atoms with van der Waals surface area (Å²) in [7, 11) is 1.64. The lowest BCUT2D eigenvalue weighted by atomic mass is 10.2. The van der Waals surface area contributed by atoms with Gasteiger partial charge in [0.1, 0.15) is 5.75 Å². The van der Waals surface area contributed by atoms with Crippen LogP contribution in [0.5, 0.6) is 5.75 Å². The van der Waals surface area contributed by atoms with Crippen molar-refractivity contribution in [1.29, 1.82) is 0 Å². The fourth-order valence-corrected chi connectivity index (χ4v) is 2.56. The van der Waals surface area contributed by atoms with Crippen LogP contribution in [-0.2, 0) is 0 Å². The first-order valence-corrected chi connectivity index (χ1v) is 8.86. The zero-order valence-electron chi connectivity index (χ0n) is 16.0.